The van der Waals surface area contributed by atoms with E-state index < -0.39 is 5.54 Å². The molecule has 0 aliphatic heterocycles. The lowest BCUT2D eigenvalue weighted by Gasteiger charge is -2.30. The van der Waals surface area contributed by atoms with Crippen LogP contribution in [-0.2, 0) is 6.42 Å². The van der Waals surface area contributed by atoms with E-state index >= 15 is 0 Å². The highest BCUT2D eigenvalue weighted by Gasteiger charge is 2.23. The standard InChI is InChI=1S/C16H18ClNO/c1-16(12-19,18-15-5-3-2-4-6-15)11-13-7-9-14(17)10-8-13/h2-10,18-19H,11-12H2,1H3. The van der Waals surface area contributed by atoms with Crippen molar-refractivity contribution in [2.75, 3.05) is 11.9 Å². The molecule has 3 heteroatoms. The van der Waals surface area contributed by atoms with Crippen molar-refractivity contribution in [1.82, 2.24) is 0 Å². The smallest absolute Gasteiger partial charge is 0.0662 e. The van der Waals surface area contributed by atoms with E-state index in [4.69, 9.17) is 11.6 Å². The average Bonchev–Trinajstić information content (AvgIpc) is 2.42. The van der Waals surface area contributed by atoms with Gasteiger partial charge in [0, 0.05) is 10.7 Å². The zero-order chi connectivity index (χ0) is 13.7. The molecule has 1 atom stereocenters. The fraction of sp³-hybridized carbons (Fsp3) is 0.250. The van der Waals surface area contributed by atoms with E-state index in [0.717, 1.165) is 22.7 Å². The third kappa shape index (κ3) is 3.98. The zero-order valence-corrected chi connectivity index (χ0v) is 11.7. The Bertz CT molecular complexity index is 512. The van der Waals surface area contributed by atoms with Crippen LogP contribution >= 0.6 is 11.6 Å². The van der Waals surface area contributed by atoms with E-state index in [9.17, 15) is 5.11 Å². The Morgan fingerprint density at radius 1 is 1.05 bits per heavy atom. The summed E-state index contributed by atoms with van der Waals surface area (Å²) in [5.74, 6) is 0. The highest BCUT2D eigenvalue weighted by atomic mass is 35.5. The van der Waals surface area contributed by atoms with Crippen molar-refractivity contribution in [2.45, 2.75) is 18.9 Å². The van der Waals surface area contributed by atoms with E-state index in [1.54, 1.807) is 0 Å². The molecule has 0 radical (unpaired) electrons. The largest absolute Gasteiger partial charge is 0.394 e. The Hall–Kier alpha value is -1.51. The van der Waals surface area contributed by atoms with E-state index in [-0.39, 0.29) is 6.61 Å². The van der Waals surface area contributed by atoms with Crippen LogP contribution < -0.4 is 5.32 Å². The van der Waals surface area contributed by atoms with Gasteiger partial charge in [0.15, 0.2) is 0 Å². The highest BCUT2D eigenvalue weighted by Crippen LogP contribution is 2.20. The van der Waals surface area contributed by atoms with Crippen molar-refractivity contribution >= 4 is 17.3 Å². The number of nitrogens with one attached hydrogen (secondary N) is 1. The number of benzene rings is 2. The first-order chi connectivity index (χ1) is 9.11. The number of aliphatic hydroxyl groups is 1. The fourth-order valence-corrected chi connectivity index (χ4v) is 2.19. The first-order valence-corrected chi connectivity index (χ1v) is 6.68. The van der Waals surface area contributed by atoms with E-state index in [0.29, 0.717) is 0 Å². The topological polar surface area (TPSA) is 32.3 Å². The van der Waals surface area contributed by atoms with Crippen LogP contribution in [0.5, 0.6) is 0 Å². The van der Waals surface area contributed by atoms with Crippen molar-refractivity contribution in [3.63, 3.8) is 0 Å². The molecule has 1 unspecified atom stereocenters. The minimum absolute atomic E-state index is 0.0600. The van der Waals surface area contributed by atoms with Gasteiger partial charge in [-0.2, -0.15) is 0 Å². The van der Waals surface area contributed by atoms with Crippen LogP contribution in [0.2, 0.25) is 5.02 Å². The van der Waals surface area contributed by atoms with Gasteiger partial charge in [0.05, 0.1) is 12.1 Å². The molecule has 100 valence electrons. The van der Waals surface area contributed by atoms with Crippen molar-refractivity contribution in [3.05, 3.63) is 65.2 Å². The summed E-state index contributed by atoms with van der Waals surface area (Å²) in [5.41, 5.74) is 1.76. The zero-order valence-electron chi connectivity index (χ0n) is 10.9. The Morgan fingerprint density at radius 3 is 2.26 bits per heavy atom. The summed E-state index contributed by atoms with van der Waals surface area (Å²) in [6.45, 7) is 2.07. The molecule has 0 fully saturated rings. The number of anilines is 1. The number of rotatable bonds is 5. The van der Waals surface area contributed by atoms with Crippen LogP contribution in [-0.4, -0.2) is 17.3 Å². The maximum atomic E-state index is 9.67. The Morgan fingerprint density at radius 2 is 1.68 bits per heavy atom. The van der Waals surface area contributed by atoms with E-state index in [2.05, 4.69) is 5.32 Å². The van der Waals surface area contributed by atoms with Crippen molar-refractivity contribution in [1.29, 1.82) is 0 Å². The average molecular weight is 276 g/mol. The number of para-hydroxylation sites is 1. The fourth-order valence-electron chi connectivity index (χ4n) is 2.06. The second kappa shape index (κ2) is 6.09. The summed E-state index contributed by atoms with van der Waals surface area (Å²) in [4.78, 5) is 0. The summed E-state index contributed by atoms with van der Waals surface area (Å²) < 4.78 is 0. The molecular formula is C16H18ClNO. The molecule has 2 N–H and O–H groups in total. The quantitative estimate of drug-likeness (QED) is 0.871. The maximum Gasteiger partial charge on any atom is 0.0662 e. The molecule has 0 bridgehead atoms. The predicted octanol–water partition coefficient (Wildman–Crippen LogP) is 3.75. The van der Waals surface area contributed by atoms with Gasteiger partial charge in [0.25, 0.3) is 0 Å². The molecule has 2 nitrogen and oxygen atoms in total. The van der Waals surface area contributed by atoms with Gasteiger partial charge < -0.3 is 10.4 Å². The summed E-state index contributed by atoms with van der Waals surface area (Å²) in [6, 6.07) is 17.6. The first-order valence-electron chi connectivity index (χ1n) is 6.30. The predicted molar refractivity (Wildman–Crippen MR) is 80.7 cm³/mol. The molecule has 19 heavy (non-hydrogen) atoms. The third-order valence-corrected chi connectivity index (χ3v) is 3.33. The van der Waals surface area contributed by atoms with Crippen LogP contribution in [0.3, 0.4) is 0 Å². The van der Waals surface area contributed by atoms with Gasteiger partial charge in [-0.15, -0.1) is 0 Å². The molecule has 0 spiro atoms. The Labute approximate surface area is 119 Å². The number of hydrogen-bond acceptors (Lipinski definition) is 2. The molecule has 0 saturated heterocycles. The van der Waals surface area contributed by atoms with Crippen molar-refractivity contribution < 1.29 is 5.11 Å². The molecule has 0 heterocycles. The van der Waals surface area contributed by atoms with Gasteiger partial charge in [0.1, 0.15) is 0 Å². The maximum absolute atomic E-state index is 9.67. The van der Waals surface area contributed by atoms with Gasteiger partial charge in [0.2, 0.25) is 0 Å². The van der Waals surface area contributed by atoms with Gasteiger partial charge >= 0.3 is 0 Å². The van der Waals surface area contributed by atoms with Crippen LogP contribution in [0.4, 0.5) is 5.69 Å². The van der Waals surface area contributed by atoms with Crippen LogP contribution in [0.25, 0.3) is 0 Å². The molecule has 2 rings (SSSR count). The molecule has 2 aromatic rings. The minimum atomic E-state index is -0.394. The molecular weight excluding hydrogens is 258 g/mol. The van der Waals surface area contributed by atoms with Crippen LogP contribution in [0, 0.1) is 0 Å². The molecule has 0 amide bonds. The summed E-state index contributed by atoms with van der Waals surface area (Å²) in [6.07, 6.45) is 0.732. The summed E-state index contributed by atoms with van der Waals surface area (Å²) in [5, 5.41) is 13.8. The van der Waals surface area contributed by atoms with Gasteiger partial charge in [-0.25, -0.2) is 0 Å². The highest BCUT2D eigenvalue weighted by molar-refractivity contribution is 6.30. The Balaban J connectivity index is 2.11. The second-order valence-electron chi connectivity index (χ2n) is 5.01. The lowest BCUT2D eigenvalue weighted by Crippen LogP contribution is -2.41. The molecule has 0 saturated carbocycles. The minimum Gasteiger partial charge on any atom is -0.394 e. The van der Waals surface area contributed by atoms with Crippen molar-refractivity contribution in [2.24, 2.45) is 0 Å². The SMILES string of the molecule is CC(CO)(Cc1ccc(Cl)cc1)Nc1ccccc1. The number of hydrogen-bond donors (Lipinski definition) is 2. The summed E-state index contributed by atoms with van der Waals surface area (Å²) in [7, 11) is 0. The van der Waals surface area contributed by atoms with Gasteiger partial charge in [-0.1, -0.05) is 41.9 Å². The van der Waals surface area contributed by atoms with Gasteiger partial charge in [-0.05, 0) is 43.2 Å². The number of halogens is 1. The summed E-state index contributed by atoms with van der Waals surface area (Å²) >= 11 is 5.88. The van der Waals surface area contributed by atoms with E-state index in [1.807, 2.05) is 61.5 Å². The monoisotopic (exact) mass is 275 g/mol. The van der Waals surface area contributed by atoms with Crippen LogP contribution in [0.15, 0.2) is 54.6 Å². The molecule has 2 aromatic carbocycles. The molecule has 0 aliphatic rings. The second-order valence-corrected chi connectivity index (χ2v) is 5.45. The van der Waals surface area contributed by atoms with Crippen molar-refractivity contribution in [3.8, 4) is 0 Å². The van der Waals surface area contributed by atoms with E-state index in [1.165, 1.54) is 0 Å². The van der Waals surface area contributed by atoms with Gasteiger partial charge in [-0.3, -0.25) is 0 Å². The van der Waals surface area contributed by atoms with Crippen LogP contribution in [0.1, 0.15) is 12.5 Å². The first kappa shape index (κ1) is 13.9. The lowest BCUT2D eigenvalue weighted by atomic mass is 9.93. The lowest BCUT2D eigenvalue weighted by molar-refractivity contribution is 0.222. The number of aliphatic hydroxyl groups excluding tert-OH is 1. The molecule has 0 aromatic heterocycles. The normalized spacial score (nSPS) is 13.8. The molecule has 0 aliphatic carbocycles. The Kier molecular flexibility index (Phi) is 4.46. The third-order valence-electron chi connectivity index (χ3n) is 3.08.